The van der Waals surface area contributed by atoms with Crippen molar-refractivity contribution in [2.45, 2.75) is 26.8 Å². The van der Waals surface area contributed by atoms with Gasteiger partial charge in [0.2, 0.25) is 0 Å². The Kier molecular flexibility index (Phi) is 4.31. The first-order valence-electron chi connectivity index (χ1n) is 5.44. The van der Waals surface area contributed by atoms with E-state index in [4.69, 9.17) is 5.84 Å². The monoisotopic (exact) mass is 221 g/mol. The molecule has 0 saturated heterocycles. The number of nitrogens with two attached hydrogens (primary N) is 1. The van der Waals surface area contributed by atoms with E-state index in [0.717, 1.165) is 12.2 Å². The number of hydrogen-bond donors (Lipinski definition) is 2. The minimum Gasteiger partial charge on any atom is -0.360 e. The molecule has 0 saturated carbocycles. The molecule has 4 heteroatoms. The normalized spacial score (nSPS) is 12.0. The molecule has 1 rings (SSSR count). The maximum atomic E-state index is 11.5. The molecule has 1 unspecified atom stereocenters. The maximum Gasteiger partial charge on any atom is 0.256 e. The lowest BCUT2D eigenvalue weighted by Gasteiger charge is -2.28. The molecule has 0 aliphatic rings. The number of nitrogens with zero attached hydrogens (tertiary/aromatic N) is 1. The second-order valence-electron chi connectivity index (χ2n) is 3.81. The molecule has 0 aliphatic carbocycles. The summed E-state index contributed by atoms with van der Waals surface area (Å²) in [6, 6.07) is 7.83. The first-order valence-corrected chi connectivity index (χ1v) is 5.44. The zero-order valence-corrected chi connectivity index (χ0v) is 10.0. The van der Waals surface area contributed by atoms with Crippen molar-refractivity contribution < 1.29 is 4.79 Å². The molecule has 0 heterocycles. The van der Waals surface area contributed by atoms with Crippen LogP contribution in [0.15, 0.2) is 24.3 Å². The fraction of sp³-hybridized carbons (Fsp3) is 0.417. The average molecular weight is 221 g/mol. The fourth-order valence-corrected chi connectivity index (χ4v) is 1.68. The van der Waals surface area contributed by atoms with Crippen molar-refractivity contribution in [2.24, 2.45) is 5.84 Å². The van der Waals surface area contributed by atoms with Crippen LogP contribution in [0.2, 0.25) is 0 Å². The second kappa shape index (κ2) is 5.51. The fourth-order valence-electron chi connectivity index (χ4n) is 1.68. The summed E-state index contributed by atoms with van der Waals surface area (Å²) in [7, 11) is 0. The van der Waals surface area contributed by atoms with E-state index in [0.29, 0.717) is 0 Å². The van der Waals surface area contributed by atoms with Crippen LogP contribution in [0.3, 0.4) is 0 Å². The first kappa shape index (κ1) is 12.5. The second-order valence-corrected chi connectivity index (χ2v) is 3.81. The third kappa shape index (κ3) is 2.73. The van der Waals surface area contributed by atoms with E-state index < -0.39 is 0 Å². The highest BCUT2D eigenvalue weighted by molar-refractivity contribution is 5.84. The molecule has 88 valence electrons. The Balaban J connectivity index is 2.89. The number of amides is 1. The highest BCUT2D eigenvalue weighted by atomic mass is 16.2. The van der Waals surface area contributed by atoms with Crippen molar-refractivity contribution in [3.8, 4) is 0 Å². The summed E-state index contributed by atoms with van der Waals surface area (Å²) >= 11 is 0. The predicted molar refractivity (Wildman–Crippen MR) is 66.0 cm³/mol. The minimum absolute atomic E-state index is 0.178. The quantitative estimate of drug-likeness (QED) is 0.456. The summed E-state index contributed by atoms with van der Waals surface area (Å²) in [5.74, 6) is 4.96. The van der Waals surface area contributed by atoms with Crippen LogP contribution in [-0.2, 0) is 4.79 Å². The third-order valence-electron chi connectivity index (χ3n) is 2.70. The topological polar surface area (TPSA) is 58.4 Å². The van der Waals surface area contributed by atoms with Gasteiger partial charge in [-0.1, -0.05) is 17.7 Å². The largest absolute Gasteiger partial charge is 0.360 e. The molecular formula is C12H19N3O. The maximum absolute atomic E-state index is 11.5. The molecule has 4 nitrogen and oxygen atoms in total. The molecule has 0 spiro atoms. The van der Waals surface area contributed by atoms with Gasteiger partial charge in [-0.2, -0.15) is 0 Å². The lowest BCUT2D eigenvalue weighted by atomic mass is 10.2. The van der Waals surface area contributed by atoms with Crippen molar-refractivity contribution in [1.82, 2.24) is 5.43 Å². The lowest BCUT2D eigenvalue weighted by molar-refractivity contribution is -0.122. The Hall–Kier alpha value is -1.55. The van der Waals surface area contributed by atoms with Gasteiger partial charge in [-0.05, 0) is 32.9 Å². The Morgan fingerprint density at radius 3 is 2.44 bits per heavy atom. The van der Waals surface area contributed by atoms with E-state index >= 15 is 0 Å². The van der Waals surface area contributed by atoms with Crippen molar-refractivity contribution in [3.05, 3.63) is 29.8 Å². The molecule has 1 atom stereocenters. The Bertz CT molecular complexity index is 348. The Labute approximate surface area is 96.4 Å². The highest BCUT2D eigenvalue weighted by Crippen LogP contribution is 2.17. The standard InChI is InChI=1S/C12H19N3O/c1-4-15(10(3)12(16)14-13)11-7-5-9(2)6-8-11/h5-8,10H,4,13H2,1-3H3,(H,14,16). The van der Waals surface area contributed by atoms with Gasteiger partial charge in [-0.3, -0.25) is 10.2 Å². The molecule has 0 radical (unpaired) electrons. The number of anilines is 1. The van der Waals surface area contributed by atoms with Crippen LogP contribution in [0.5, 0.6) is 0 Å². The molecule has 0 aliphatic heterocycles. The molecule has 0 bridgehead atoms. The smallest absolute Gasteiger partial charge is 0.256 e. The first-order chi connectivity index (χ1) is 7.60. The molecule has 0 aromatic heterocycles. The average Bonchev–Trinajstić information content (AvgIpc) is 2.31. The van der Waals surface area contributed by atoms with Crippen molar-refractivity contribution >= 4 is 11.6 Å². The highest BCUT2D eigenvalue weighted by Gasteiger charge is 2.19. The van der Waals surface area contributed by atoms with Gasteiger partial charge in [0.25, 0.3) is 5.91 Å². The summed E-state index contributed by atoms with van der Waals surface area (Å²) in [5.41, 5.74) is 4.42. The van der Waals surface area contributed by atoms with Gasteiger partial charge in [-0.25, -0.2) is 5.84 Å². The van der Waals surface area contributed by atoms with Gasteiger partial charge in [-0.15, -0.1) is 0 Å². The summed E-state index contributed by atoms with van der Waals surface area (Å²) < 4.78 is 0. The van der Waals surface area contributed by atoms with E-state index in [1.54, 1.807) is 0 Å². The molecular weight excluding hydrogens is 202 g/mol. The number of aryl methyl sites for hydroxylation is 1. The van der Waals surface area contributed by atoms with Crippen LogP contribution >= 0.6 is 0 Å². The van der Waals surface area contributed by atoms with E-state index in [1.807, 2.05) is 49.9 Å². The molecule has 1 aromatic rings. The number of carbonyl (C=O) groups is 1. The SMILES string of the molecule is CCN(c1ccc(C)cc1)C(C)C(=O)NN. The lowest BCUT2D eigenvalue weighted by Crippen LogP contribution is -2.47. The number of carbonyl (C=O) groups excluding carboxylic acids is 1. The summed E-state index contributed by atoms with van der Waals surface area (Å²) in [5, 5.41) is 0. The van der Waals surface area contributed by atoms with Gasteiger partial charge in [0.05, 0.1) is 0 Å². The van der Waals surface area contributed by atoms with Crippen molar-refractivity contribution in [2.75, 3.05) is 11.4 Å². The predicted octanol–water partition coefficient (Wildman–Crippen LogP) is 1.20. The van der Waals surface area contributed by atoms with Gasteiger partial charge in [0, 0.05) is 12.2 Å². The molecule has 3 N–H and O–H groups in total. The van der Waals surface area contributed by atoms with E-state index in [-0.39, 0.29) is 11.9 Å². The van der Waals surface area contributed by atoms with Crippen LogP contribution in [0, 0.1) is 6.92 Å². The molecule has 1 aromatic carbocycles. The Morgan fingerprint density at radius 2 is 2.00 bits per heavy atom. The van der Waals surface area contributed by atoms with Gasteiger partial charge >= 0.3 is 0 Å². The van der Waals surface area contributed by atoms with Crippen molar-refractivity contribution in [3.63, 3.8) is 0 Å². The molecule has 16 heavy (non-hydrogen) atoms. The van der Waals surface area contributed by atoms with E-state index in [1.165, 1.54) is 5.56 Å². The summed E-state index contributed by atoms with van der Waals surface area (Å²) in [6.07, 6.45) is 0. The number of benzene rings is 1. The van der Waals surface area contributed by atoms with Crippen molar-refractivity contribution in [1.29, 1.82) is 0 Å². The third-order valence-corrected chi connectivity index (χ3v) is 2.70. The zero-order valence-electron chi connectivity index (χ0n) is 10.0. The van der Waals surface area contributed by atoms with Crippen LogP contribution in [0.25, 0.3) is 0 Å². The number of hydrogen-bond acceptors (Lipinski definition) is 3. The number of likely N-dealkylation sites (N-methyl/N-ethyl adjacent to an activating group) is 1. The number of hydrazine groups is 1. The Morgan fingerprint density at radius 1 is 1.44 bits per heavy atom. The van der Waals surface area contributed by atoms with E-state index in [2.05, 4.69) is 5.43 Å². The number of nitrogens with one attached hydrogen (secondary N) is 1. The van der Waals surface area contributed by atoms with Gasteiger partial charge in [0.15, 0.2) is 0 Å². The van der Waals surface area contributed by atoms with Crippen LogP contribution in [0.1, 0.15) is 19.4 Å². The van der Waals surface area contributed by atoms with Crippen LogP contribution in [0.4, 0.5) is 5.69 Å². The van der Waals surface area contributed by atoms with Gasteiger partial charge in [0.1, 0.15) is 6.04 Å². The number of rotatable bonds is 4. The molecule has 0 fully saturated rings. The molecule has 1 amide bonds. The minimum atomic E-state index is -0.266. The van der Waals surface area contributed by atoms with Gasteiger partial charge < -0.3 is 4.90 Å². The van der Waals surface area contributed by atoms with Crippen LogP contribution < -0.4 is 16.2 Å². The summed E-state index contributed by atoms with van der Waals surface area (Å²) in [4.78, 5) is 13.5. The van der Waals surface area contributed by atoms with E-state index in [9.17, 15) is 4.79 Å². The van der Waals surface area contributed by atoms with Crippen LogP contribution in [-0.4, -0.2) is 18.5 Å². The zero-order chi connectivity index (χ0) is 12.1. The summed E-state index contributed by atoms with van der Waals surface area (Å²) in [6.45, 7) is 6.65.